The van der Waals surface area contributed by atoms with Gasteiger partial charge in [-0.2, -0.15) is 4.31 Å². The smallest absolute Gasteiger partial charge is 0.245 e. The number of anilines is 1. The van der Waals surface area contributed by atoms with Gasteiger partial charge < -0.3 is 11.1 Å². The highest BCUT2D eigenvalue weighted by atomic mass is 32.2. The van der Waals surface area contributed by atoms with Gasteiger partial charge in [-0.15, -0.1) is 0 Å². The molecule has 0 radical (unpaired) electrons. The molecule has 1 aromatic carbocycles. The molecule has 0 aliphatic carbocycles. The van der Waals surface area contributed by atoms with Crippen molar-refractivity contribution in [1.82, 2.24) is 9.62 Å². The first-order valence-corrected chi connectivity index (χ1v) is 7.46. The number of hydrogen-bond acceptors (Lipinski definition) is 5. The number of sulfonamides is 1. The molecule has 7 heteroatoms. The van der Waals surface area contributed by atoms with E-state index < -0.39 is 16.1 Å². The minimum absolute atomic E-state index is 0.0585. The lowest BCUT2D eigenvalue weighted by Crippen LogP contribution is -2.56. The normalized spacial score (nSPS) is 21.2. The molecule has 1 fully saturated rings. The average molecular weight is 283 g/mol. The maximum atomic E-state index is 12.6. The molecule has 0 bridgehead atoms. The third-order valence-corrected chi connectivity index (χ3v) is 5.15. The molecule has 1 unspecified atom stereocenters. The van der Waals surface area contributed by atoms with Crippen molar-refractivity contribution in [3.63, 3.8) is 0 Å². The summed E-state index contributed by atoms with van der Waals surface area (Å²) in [4.78, 5) is 11.7. The molecule has 1 aliphatic heterocycles. The molecule has 0 amide bonds. The molecule has 6 nitrogen and oxygen atoms in total. The van der Waals surface area contributed by atoms with Crippen molar-refractivity contribution in [2.24, 2.45) is 0 Å². The van der Waals surface area contributed by atoms with Crippen LogP contribution in [0.15, 0.2) is 29.2 Å². The number of Topliss-reactive ketones (excluding diaryl/α,β-unsaturated/α-hetero) is 1. The number of ketones is 1. The fourth-order valence-electron chi connectivity index (χ4n) is 2.16. The van der Waals surface area contributed by atoms with E-state index in [0.717, 1.165) is 0 Å². The first kappa shape index (κ1) is 14.0. The quantitative estimate of drug-likeness (QED) is 0.751. The highest BCUT2D eigenvalue weighted by molar-refractivity contribution is 7.89. The van der Waals surface area contributed by atoms with Crippen LogP contribution in [0.2, 0.25) is 0 Å². The molecule has 3 N–H and O–H groups in total. The zero-order valence-electron chi connectivity index (χ0n) is 10.7. The van der Waals surface area contributed by atoms with Crippen LogP contribution in [0.25, 0.3) is 0 Å². The van der Waals surface area contributed by atoms with Gasteiger partial charge in [-0.1, -0.05) is 12.1 Å². The minimum atomic E-state index is -3.74. The second kappa shape index (κ2) is 5.28. The summed E-state index contributed by atoms with van der Waals surface area (Å²) in [5.41, 5.74) is 5.93. The van der Waals surface area contributed by atoms with Crippen LogP contribution in [0.3, 0.4) is 0 Å². The molecule has 1 aromatic rings. The number of nitrogens with one attached hydrogen (secondary N) is 1. The van der Waals surface area contributed by atoms with Crippen molar-refractivity contribution >= 4 is 21.5 Å². The number of carbonyl (C=O) groups excluding carboxylic acids is 1. The monoisotopic (exact) mass is 283 g/mol. The van der Waals surface area contributed by atoms with Crippen LogP contribution < -0.4 is 11.1 Å². The molecule has 0 aromatic heterocycles. The Hall–Kier alpha value is -1.44. The third kappa shape index (κ3) is 2.63. The van der Waals surface area contributed by atoms with E-state index in [-0.39, 0.29) is 22.9 Å². The van der Waals surface area contributed by atoms with E-state index in [0.29, 0.717) is 13.1 Å². The number of benzene rings is 1. The van der Waals surface area contributed by atoms with Crippen molar-refractivity contribution in [3.8, 4) is 0 Å². The Kier molecular flexibility index (Phi) is 3.88. The number of nitrogens with two attached hydrogens (primary N) is 1. The first-order valence-electron chi connectivity index (χ1n) is 6.02. The Bertz CT molecular complexity index is 586. The number of rotatable bonds is 3. The second-order valence-corrected chi connectivity index (χ2v) is 6.34. The fourth-order valence-corrected chi connectivity index (χ4v) is 3.92. The van der Waals surface area contributed by atoms with Gasteiger partial charge >= 0.3 is 0 Å². The van der Waals surface area contributed by atoms with Gasteiger partial charge in [0, 0.05) is 19.6 Å². The van der Waals surface area contributed by atoms with E-state index in [1.807, 2.05) is 0 Å². The fraction of sp³-hybridized carbons (Fsp3) is 0.417. The van der Waals surface area contributed by atoms with Crippen molar-refractivity contribution in [3.05, 3.63) is 24.3 Å². The number of nitrogen functional groups attached to an aromatic ring is 1. The molecule has 0 spiro atoms. The maximum absolute atomic E-state index is 12.6. The average Bonchev–Trinajstić information content (AvgIpc) is 2.39. The van der Waals surface area contributed by atoms with E-state index in [4.69, 9.17) is 5.73 Å². The molecule has 104 valence electrons. The van der Waals surface area contributed by atoms with Crippen molar-refractivity contribution in [1.29, 1.82) is 0 Å². The summed E-state index contributed by atoms with van der Waals surface area (Å²) in [7, 11) is -3.74. The zero-order chi connectivity index (χ0) is 14.0. The molecule has 2 rings (SSSR count). The van der Waals surface area contributed by atoms with Gasteiger partial charge in [-0.3, -0.25) is 4.79 Å². The van der Waals surface area contributed by atoms with Crippen LogP contribution in [0.4, 0.5) is 5.69 Å². The van der Waals surface area contributed by atoms with E-state index in [9.17, 15) is 13.2 Å². The summed E-state index contributed by atoms with van der Waals surface area (Å²) in [6, 6.07) is 5.63. The summed E-state index contributed by atoms with van der Waals surface area (Å²) in [6.07, 6.45) is 0. The minimum Gasteiger partial charge on any atom is -0.398 e. The van der Waals surface area contributed by atoms with Crippen LogP contribution >= 0.6 is 0 Å². The van der Waals surface area contributed by atoms with Gasteiger partial charge in [-0.25, -0.2) is 8.42 Å². The lowest BCUT2D eigenvalue weighted by atomic mass is 10.2. The summed E-state index contributed by atoms with van der Waals surface area (Å²) in [5.74, 6) is -0.176. The van der Waals surface area contributed by atoms with Gasteiger partial charge in [0.05, 0.1) is 11.7 Å². The largest absolute Gasteiger partial charge is 0.398 e. The summed E-state index contributed by atoms with van der Waals surface area (Å²) < 4.78 is 26.4. The van der Waals surface area contributed by atoms with E-state index in [2.05, 4.69) is 5.32 Å². The van der Waals surface area contributed by atoms with Gasteiger partial charge in [0.1, 0.15) is 10.7 Å². The van der Waals surface area contributed by atoms with Crippen LogP contribution in [-0.2, 0) is 14.8 Å². The topological polar surface area (TPSA) is 92.5 Å². The van der Waals surface area contributed by atoms with Crippen LogP contribution in [0.1, 0.15) is 6.92 Å². The van der Waals surface area contributed by atoms with Gasteiger partial charge in [-0.05, 0) is 19.1 Å². The molecule has 0 saturated carbocycles. The van der Waals surface area contributed by atoms with Crippen LogP contribution in [0, 0.1) is 0 Å². The number of para-hydroxylation sites is 1. The van der Waals surface area contributed by atoms with Crippen LogP contribution in [0.5, 0.6) is 0 Å². The van der Waals surface area contributed by atoms with E-state index >= 15 is 0 Å². The molecular formula is C12H17N3O3S. The maximum Gasteiger partial charge on any atom is 0.245 e. The van der Waals surface area contributed by atoms with E-state index in [1.165, 1.54) is 23.4 Å². The van der Waals surface area contributed by atoms with Gasteiger partial charge in [0.2, 0.25) is 10.0 Å². The van der Waals surface area contributed by atoms with E-state index in [1.54, 1.807) is 12.1 Å². The Morgan fingerprint density at radius 3 is 2.74 bits per heavy atom. The van der Waals surface area contributed by atoms with Crippen molar-refractivity contribution in [2.45, 2.75) is 17.9 Å². The standard InChI is InChI=1S/C12H17N3O3S/c1-9(16)11-8-14-6-7-15(11)19(17,18)12-5-3-2-4-10(12)13/h2-5,11,14H,6-8,13H2,1H3. The number of carbonyl (C=O) groups is 1. The highest BCUT2D eigenvalue weighted by Crippen LogP contribution is 2.24. The lowest BCUT2D eigenvalue weighted by Gasteiger charge is -2.33. The molecule has 1 saturated heterocycles. The Labute approximate surface area is 112 Å². The molecule has 19 heavy (non-hydrogen) atoms. The zero-order valence-corrected chi connectivity index (χ0v) is 11.5. The number of piperazine rings is 1. The third-order valence-electron chi connectivity index (χ3n) is 3.17. The van der Waals surface area contributed by atoms with Crippen molar-refractivity contribution in [2.75, 3.05) is 25.4 Å². The van der Waals surface area contributed by atoms with Crippen molar-refractivity contribution < 1.29 is 13.2 Å². The lowest BCUT2D eigenvalue weighted by molar-refractivity contribution is -0.120. The van der Waals surface area contributed by atoms with Crippen LogP contribution in [-0.4, -0.2) is 44.2 Å². The Balaban J connectivity index is 2.43. The Morgan fingerprint density at radius 2 is 2.11 bits per heavy atom. The molecule has 1 atom stereocenters. The first-order chi connectivity index (χ1) is 8.94. The Morgan fingerprint density at radius 1 is 1.42 bits per heavy atom. The second-order valence-electron chi connectivity index (χ2n) is 4.48. The summed E-state index contributed by atoms with van der Waals surface area (Å²) >= 11 is 0. The summed E-state index contributed by atoms with van der Waals surface area (Å²) in [6.45, 7) is 2.52. The van der Waals surface area contributed by atoms with Gasteiger partial charge in [0.25, 0.3) is 0 Å². The number of hydrogen-bond donors (Lipinski definition) is 2. The predicted octanol–water partition coefficient (Wildman–Crippen LogP) is -0.180. The predicted molar refractivity (Wildman–Crippen MR) is 72.1 cm³/mol. The SMILES string of the molecule is CC(=O)C1CNCCN1S(=O)(=O)c1ccccc1N. The summed E-state index contributed by atoms with van der Waals surface area (Å²) in [5, 5.41) is 3.03. The molecule has 1 heterocycles. The molecular weight excluding hydrogens is 266 g/mol. The number of nitrogens with zero attached hydrogens (tertiary/aromatic N) is 1. The van der Waals surface area contributed by atoms with Gasteiger partial charge in [0.15, 0.2) is 0 Å². The molecule has 1 aliphatic rings. The highest BCUT2D eigenvalue weighted by Gasteiger charge is 2.36.